The molecule has 1 heterocycles. The normalized spacial score (nSPS) is 18.7. The number of hydrogen-bond acceptors (Lipinski definition) is 7. The van der Waals surface area contributed by atoms with Gasteiger partial charge < -0.3 is 24.4 Å². The number of carbonyl (C=O) groups excluding carboxylic acids is 2. The third-order valence-electron chi connectivity index (χ3n) is 4.44. The molecule has 0 fully saturated rings. The Morgan fingerprint density at radius 2 is 1.50 bits per heavy atom. The van der Waals surface area contributed by atoms with Gasteiger partial charge in [0, 0.05) is 12.8 Å². The second kappa shape index (κ2) is 8.68. The maximum atomic E-state index is 12.8. The number of fused-ring (bicyclic) bond motifs is 1. The van der Waals surface area contributed by atoms with Crippen LogP contribution in [0.25, 0.3) is 0 Å². The minimum Gasteiger partial charge on any atom is -0.480 e. The summed E-state index contributed by atoms with van der Waals surface area (Å²) in [6.45, 7) is 9.27. The molecule has 0 radical (unpaired) electrons. The van der Waals surface area contributed by atoms with Gasteiger partial charge >= 0.3 is 24.1 Å². The quantitative estimate of drug-likeness (QED) is 0.688. The topological polar surface area (TPSA) is 140 Å². The lowest BCUT2D eigenvalue weighted by Crippen LogP contribution is -2.57. The first-order valence-corrected chi connectivity index (χ1v) is 10.0. The number of imide groups is 1. The van der Waals surface area contributed by atoms with E-state index in [4.69, 9.17) is 14.2 Å². The monoisotopic (exact) mass is 451 g/mol. The predicted molar refractivity (Wildman–Crippen MR) is 111 cm³/mol. The van der Waals surface area contributed by atoms with Gasteiger partial charge in [-0.05, 0) is 53.2 Å². The van der Waals surface area contributed by atoms with Crippen molar-refractivity contribution in [1.29, 1.82) is 0 Å². The predicted octanol–water partition coefficient (Wildman–Crippen LogP) is 3.46. The highest BCUT2D eigenvalue weighted by atomic mass is 16.6. The van der Waals surface area contributed by atoms with E-state index in [0.717, 1.165) is 0 Å². The first-order chi connectivity index (χ1) is 14.5. The molecular weight excluding hydrogens is 422 g/mol. The van der Waals surface area contributed by atoms with Crippen molar-refractivity contribution in [2.75, 3.05) is 0 Å². The van der Waals surface area contributed by atoms with Gasteiger partial charge in [-0.1, -0.05) is 18.2 Å². The fraction of sp³-hybridized carbons (Fsp3) is 0.545. The summed E-state index contributed by atoms with van der Waals surface area (Å²) in [5.74, 6) is -2.74. The highest BCUT2D eigenvalue weighted by Crippen LogP contribution is 2.39. The Morgan fingerprint density at radius 3 is 1.91 bits per heavy atom. The van der Waals surface area contributed by atoms with Crippen LogP contribution in [0.1, 0.15) is 53.5 Å². The molecule has 1 aromatic rings. The molecule has 0 aliphatic carbocycles. The Kier molecular flexibility index (Phi) is 6.77. The van der Waals surface area contributed by atoms with Crippen LogP contribution in [0.15, 0.2) is 24.3 Å². The molecule has 0 aromatic heterocycles. The Morgan fingerprint density at radius 1 is 1.00 bits per heavy atom. The van der Waals surface area contributed by atoms with Crippen LogP contribution in [0, 0.1) is 0 Å². The molecule has 0 bridgehead atoms. The average molecular weight is 451 g/mol. The van der Waals surface area contributed by atoms with E-state index in [0.29, 0.717) is 16.2 Å². The van der Waals surface area contributed by atoms with Crippen molar-refractivity contribution < 1.29 is 43.6 Å². The molecule has 0 unspecified atom stereocenters. The molecule has 2 atom stereocenters. The van der Waals surface area contributed by atoms with Gasteiger partial charge in [0.05, 0.1) is 0 Å². The molecule has 176 valence electrons. The molecule has 0 saturated heterocycles. The number of carboxylic acid groups (broad SMARTS) is 2. The number of para-hydroxylation sites is 1. The van der Waals surface area contributed by atoms with Gasteiger partial charge in [0.25, 0.3) is 0 Å². The molecule has 10 heteroatoms. The van der Waals surface area contributed by atoms with Crippen LogP contribution in [0.4, 0.5) is 9.59 Å². The lowest BCUT2D eigenvalue weighted by Gasteiger charge is -2.34. The largest absolute Gasteiger partial charge is 0.480 e. The van der Waals surface area contributed by atoms with Crippen molar-refractivity contribution in [1.82, 2.24) is 4.90 Å². The van der Waals surface area contributed by atoms with Gasteiger partial charge in [-0.3, -0.25) is 0 Å². The van der Waals surface area contributed by atoms with E-state index in [1.54, 1.807) is 65.8 Å². The number of amides is 2. The molecule has 1 aromatic carbocycles. The van der Waals surface area contributed by atoms with Crippen molar-refractivity contribution in [3.63, 3.8) is 0 Å². The molecule has 32 heavy (non-hydrogen) atoms. The van der Waals surface area contributed by atoms with Gasteiger partial charge in [-0.2, -0.15) is 4.90 Å². The third kappa shape index (κ3) is 5.89. The van der Waals surface area contributed by atoms with Gasteiger partial charge in [0.1, 0.15) is 23.0 Å². The molecular formula is C22H29NO9. The fourth-order valence-electron chi connectivity index (χ4n) is 3.18. The number of rotatable bonds is 5. The lowest BCUT2D eigenvalue weighted by molar-refractivity contribution is -0.158. The second-order valence-electron chi connectivity index (χ2n) is 9.57. The summed E-state index contributed by atoms with van der Waals surface area (Å²) in [6, 6.07) is 4.65. The fourth-order valence-corrected chi connectivity index (χ4v) is 3.18. The van der Waals surface area contributed by atoms with Gasteiger partial charge in [-0.25, -0.2) is 19.2 Å². The highest BCUT2D eigenvalue weighted by molar-refractivity contribution is 5.94. The maximum Gasteiger partial charge on any atom is 0.420 e. The lowest BCUT2D eigenvalue weighted by atomic mass is 9.89. The van der Waals surface area contributed by atoms with E-state index in [-0.39, 0.29) is 6.42 Å². The first kappa shape index (κ1) is 25.0. The van der Waals surface area contributed by atoms with Gasteiger partial charge in [0.2, 0.25) is 5.60 Å². The minimum atomic E-state index is -2.00. The van der Waals surface area contributed by atoms with Gasteiger partial charge in [-0.15, -0.1) is 0 Å². The summed E-state index contributed by atoms with van der Waals surface area (Å²) in [5, 5.41) is 19.8. The Bertz CT molecular complexity index is 858. The van der Waals surface area contributed by atoms with Crippen LogP contribution >= 0.6 is 0 Å². The number of benzene rings is 1. The molecule has 1 aliphatic heterocycles. The van der Waals surface area contributed by atoms with Crippen LogP contribution in [-0.4, -0.2) is 62.1 Å². The van der Waals surface area contributed by atoms with E-state index in [1.165, 1.54) is 0 Å². The summed E-state index contributed by atoms with van der Waals surface area (Å²) < 4.78 is 16.1. The zero-order valence-corrected chi connectivity index (χ0v) is 19.0. The Balaban J connectivity index is 2.47. The second-order valence-corrected chi connectivity index (χ2v) is 9.57. The molecule has 10 nitrogen and oxygen atoms in total. The number of ether oxygens (including phenoxy) is 3. The molecule has 0 spiro atoms. The minimum absolute atomic E-state index is 0.140. The number of nitrogens with zero attached hydrogens (tertiary/aromatic N) is 1. The van der Waals surface area contributed by atoms with Crippen LogP contribution < -0.4 is 4.74 Å². The summed E-state index contributed by atoms with van der Waals surface area (Å²) >= 11 is 0. The molecule has 2 N–H and O–H groups in total. The van der Waals surface area contributed by atoms with Crippen molar-refractivity contribution in [2.24, 2.45) is 0 Å². The molecule has 0 saturated carbocycles. The standard InChI is InChI=1S/C22H29NO9/c1-20(2,3)31-18(28)23(19(29)32-21(4,5)6)14(16(24)25)12-22(17(26)27)11-13-9-7-8-10-15(13)30-22/h7-10,14H,11-12H2,1-6H3,(H,24,25)(H,26,27)/t14-,22+/m0/s1. The summed E-state index contributed by atoms with van der Waals surface area (Å²) in [7, 11) is 0. The molecule has 1 aliphatic rings. The van der Waals surface area contributed by atoms with E-state index >= 15 is 0 Å². The van der Waals surface area contributed by atoms with Crippen LogP contribution in [0.2, 0.25) is 0 Å². The van der Waals surface area contributed by atoms with Gasteiger partial charge in [0.15, 0.2) is 0 Å². The smallest absolute Gasteiger partial charge is 0.420 e. The highest BCUT2D eigenvalue weighted by Gasteiger charge is 2.53. The average Bonchev–Trinajstić information content (AvgIpc) is 2.97. The summed E-state index contributed by atoms with van der Waals surface area (Å²) in [5.41, 5.74) is -3.54. The van der Waals surface area contributed by atoms with Crippen molar-refractivity contribution >= 4 is 24.1 Å². The third-order valence-corrected chi connectivity index (χ3v) is 4.44. The van der Waals surface area contributed by atoms with E-state index < -0.39 is 53.4 Å². The first-order valence-electron chi connectivity index (χ1n) is 10.0. The Hall–Kier alpha value is -3.30. The number of carboxylic acids is 2. The van der Waals surface area contributed by atoms with Crippen LogP contribution in [-0.2, 0) is 25.5 Å². The Labute approximate surface area is 186 Å². The SMILES string of the molecule is CC(C)(C)OC(=O)N(C(=O)OC(C)(C)C)[C@@H](C[C@@]1(C(=O)O)Cc2ccccc2O1)C(=O)O. The van der Waals surface area contributed by atoms with E-state index in [1.807, 2.05) is 0 Å². The number of carbonyl (C=O) groups is 4. The molecule has 2 rings (SSSR count). The zero-order valence-electron chi connectivity index (χ0n) is 19.0. The van der Waals surface area contributed by atoms with Crippen molar-refractivity contribution in [3.8, 4) is 5.75 Å². The molecule has 2 amide bonds. The number of hydrogen-bond donors (Lipinski definition) is 2. The van der Waals surface area contributed by atoms with E-state index in [9.17, 15) is 29.4 Å². The summed E-state index contributed by atoms with van der Waals surface area (Å²) in [4.78, 5) is 50.4. The van der Waals surface area contributed by atoms with E-state index in [2.05, 4.69) is 0 Å². The maximum absolute atomic E-state index is 12.8. The van der Waals surface area contributed by atoms with Crippen LogP contribution in [0.5, 0.6) is 5.75 Å². The van der Waals surface area contributed by atoms with Crippen molar-refractivity contribution in [2.45, 2.75) is 77.2 Å². The zero-order chi connectivity index (χ0) is 24.5. The summed E-state index contributed by atoms with van der Waals surface area (Å²) in [6.07, 6.45) is -3.39. The number of aliphatic carboxylic acids is 2. The van der Waals surface area contributed by atoms with Crippen molar-refractivity contribution in [3.05, 3.63) is 29.8 Å². The van der Waals surface area contributed by atoms with Crippen LogP contribution in [0.3, 0.4) is 0 Å².